The van der Waals surface area contributed by atoms with Crippen molar-refractivity contribution in [3.8, 4) is 0 Å². The second kappa shape index (κ2) is 5.97. The van der Waals surface area contributed by atoms with Gasteiger partial charge in [0.15, 0.2) is 0 Å². The Morgan fingerprint density at radius 2 is 2.00 bits per heavy atom. The van der Waals surface area contributed by atoms with Crippen molar-refractivity contribution in [2.24, 2.45) is 0 Å². The Labute approximate surface area is 126 Å². The number of carboxylic acid groups (broad SMARTS) is 1. The lowest BCUT2D eigenvalue weighted by molar-refractivity contribution is -0.116. The van der Waals surface area contributed by atoms with Crippen LogP contribution in [0.25, 0.3) is 0 Å². The minimum atomic E-state index is -1.05. The van der Waals surface area contributed by atoms with Crippen molar-refractivity contribution in [3.63, 3.8) is 0 Å². The van der Waals surface area contributed by atoms with Gasteiger partial charge in [-0.2, -0.15) is 5.10 Å². The van der Waals surface area contributed by atoms with Crippen molar-refractivity contribution in [2.45, 2.75) is 20.4 Å². The van der Waals surface area contributed by atoms with E-state index in [1.54, 1.807) is 38.1 Å². The number of aromatic nitrogens is 2. The second-order valence-corrected chi connectivity index (χ2v) is 4.94. The maximum atomic E-state index is 12.0. The van der Waals surface area contributed by atoms with E-state index < -0.39 is 5.97 Å². The lowest BCUT2D eigenvalue weighted by Crippen LogP contribution is -2.20. The number of para-hydroxylation sites is 1. The quantitative estimate of drug-likeness (QED) is 0.909. The first-order chi connectivity index (χ1) is 9.90. The molecule has 6 nitrogen and oxygen atoms in total. The highest BCUT2D eigenvalue weighted by molar-refractivity contribution is 6.33. The molecule has 0 spiro atoms. The summed E-state index contributed by atoms with van der Waals surface area (Å²) in [4.78, 5) is 23.1. The molecular formula is C14H14ClN3O3. The van der Waals surface area contributed by atoms with E-state index in [-0.39, 0.29) is 18.0 Å². The number of carbonyl (C=O) groups excluding carboxylic acids is 1. The number of aryl methyl sites for hydroxylation is 1. The third kappa shape index (κ3) is 3.22. The number of halogens is 1. The molecule has 110 valence electrons. The highest BCUT2D eigenvalue weighted by atomic mass is 35.5. The van der Waals surface area contributed by atoms with Crippen LogP contribution >= 0.6 is 11.6 Å². The summed E-state index contributed by atoms with van der Waals surface area (Å²) in [5.74, 6) is -1.38. The molecule has 0 aliphatic rings. The zero-order chi connectivity index (χ0) is 15.6. The van der Waals surface area contributed by atoms with Crippen molar-refractivity contribution in [2.75, 3.05) is 5.32 Å². The van der Waals surface area contributed by atoms with Crippen LogP contribution < -0.4 is 5.32 Å². The fourth-order valence-corrected chi connectivity index (χ4v) is 2.23. The standard InChI is InChI=1S/C14H14ClN3O3/c1-8-13(14(20)21)9(2)18(17-8)7-12(19)16-11-6-4-3-5-10(11)15/h3-6H,7H2,1-2H3,(H,16,19)(H,20,21). The summed E-state index contributed by atoms with van der Waals surface area (Å²) in [5.41, 5.74) is 1.45. The lowest BCUT2D eigenvalue weighted by atomic mass is 10.2. The van der Waals surface area contributed by atoms with Gasteiger partial charge in [-0.3, -0.25) is 9.48 Å². The predicted octanol–water partition coefficient (Wildman–Crippen LogP) is 2.49. The number of amides is 1. The molecule has 0 radical (unpaired) electrons. The van der Waals surface area contributed by atoms with Gasteiger partial charge in [0.05, 0.1) is 22.1 Å². The van der Waals surface area contributed by atoms with Gasteiger partial charge in [0.1, 0.15) is 12.1 Å². The smallest absolute Gasteiger partial charge is 0.339 e. The van der Waals surface area contributed by atoms with Crippen LogP contribution in [0.1, 0.15) is 21.7 Å². The predicted molar refractivity (Wildman–Crippen MR) is 78.7 cm³/mol. The van der Waals surface area contributed by atoms with Crippen molar-refractivity contribution in [1.29, 1.82) is 0 Å². The molecule has 2 rings (SSSR count). The van der Waals surface area contributed by atoms with Crippen molar-refractivity contribution < 1.29 is 14.7 Å². The summed E-state index contributed by atoms with van der Waals surface area (Å²) in [5, 5.41) is 16.3. The van der Waals surface area contributed by atoms with Crippen LogP contribution in [-0.2, 0) is 11.3 Å². The number of hydrogen-bond donors (Lipinski definition) is 2. The Bertz CT molecular complexity index is 709. The molecule has 2 N–H and O–H groups in total. The number of anilines is 1. The zero-order valence-corrected chi connectivity index (χ0v) is 12.3. The number of aromatic carboxylic acids is 1. The summed E-state index contributed by atoms with van der Waals surface area (Å²) in [6, 6.07) is 6.87. The van der Waals surface area contributed by atoms with Crippen LogP contribution in [0, 0.1) is 13.8 Å². The first kappa shape index (κ1) is 15.1. The summed E-state index contributed by atoms with van der Waals surface area (Å²) in [6.07, 6.45) is 0. The average Bonchev–Trinajstić information content (AvgIpc) is 2.67. The molecule has 1 amide bonds. The van der Waals surface area contributed by atoms with E-state index in [1.807, 2.05) is 0 Å². The molecule has 0 saturated heterocycles. The van der Waals surface area contributed by atoms with E-state index in [1.165, 1.54) is 4.68 Å². The second-order valence-electron chi connectivity index (χ2n) is 4.54. The third-order valence-electron chi connectivity index (χ3n) is 3.04. The van der Waals surface area contributed by atoms with Gasteiger partial charge >= 0.3 is 5.97 Å². The topological polar surface area (TPSA) is 84.2 Å². The maximum absolute atomic E-state index is 12.0. The minimum absolute atomic E-state index is 0.0782. The molecule has 1 heterocycles. The van der Waals surface area contributed by atoms with E-state index in [4.69, 9.17) is 16.7 Å². The molecule has 1 aromatic heterocycles. The van der Waals surface area contributed by atoms with Gasteiger partial charge in [0.2, 0.25) is 5.91 Å². The van der Waals surface area contributed by atoms with Crippen molar-refractivity contribution in [3.05, 3.63) is 46.2 Å². The number of rotatable bonds is 4. The Hall–Kier alpha value is -2.34. The Morgan fingerprint density at radius 1 is 1.33 bits per heavy atom. The van der Waals surface area contributed by atoms with E-state index in [9.17, 15) is 9.59 Å². The molecule has 0 saturated carbocycles. The fourth-order valence-electron chi connectivity index (χ4n) is 2.05. The lowest BCUT2D eigenvalue weighted by Gasteiger charge is -2.08. The highest BCUT2D eigenvalue weighted by Crippen LogP contribution is 2.20. The molecular weight excluding hydrogens is 294 g/mol. The molecule has 1 aromatic carbocycles. The van der Waals surface area contributed by atoms with Gasteiger partial charge in [-0.05, 0) is 26.0 Å². The molecule has 0 bridgehead atoms. The zero-order valence-electron chi connectivity index (χ0n) is 11.6. The first-order valence-electron chi connectivity index (χ1n) is 6.22. The van der Waals surface area contributed by atoms with Crippen LogP contribution in [0.5, 0.6) is 0 Å². The van der Waals surface area contributed by atoms with Crippen LogP contribution in [-0.4, -0.2) is 26.8 Å². The highest BCUT2D eigenvalue weighted by Gasteiger charge is 2.19. The van der Waals surface area contributed by atoms with Gasteiger partial charge in [0.25, 0.3) is 0 Å². The maximum Gasteiger partial charge on any atom is 0.339 e. The molecule has 21 heavy (non-hydrogen) atoms. The van der Waals surface area contributed by atoms with E-state index >= 15 is 0 Å². The largest absolute Gasteiger partial charge is 0.478 e. The first-order valence-corrected chi connectivity index (χ1v) is 6.59. The SMILES string of the molecule is Cc1nn(CC(=O)Nc2ccccc2Cl)c(C)c1C(=O)O. The Morgan fingerprint density at radius 3 is 2.57 bits per heavy atom. The number of carboxylic acids is 1. The van der Waals surface area contributed by atoms with Gasteiger partial charge < -0.3 is 10.4 Å². The molecule has 2 aromatic rings. The molecule has 7 heteroatoms. The third-order valence-corrected chi connectivity index (χ3v) is 3.37. The van der Waals surface area contributed by atoms with Gasteiger partial charge in [-0.15, -0.1) is 0 Å². The molecule has 0 aliphatic carbocycles. The molecule has 0 aliphatic heterocycles. The number of hydrogen-bond acceptors (Lipinski definition) is 3. The normalized spacial score (nSPS) is 10.4. The van der Waals surface area contributed by atoms with E-state index in [0.717, 1.165) is 0 Å². The fraction of sp³-hybridized carbons (Fsp3) is 0.214. The van der Waals surface area contributed by atoms with E-state index in [0.29, 0.717) is 22.1 Å². The molecule has 0 unspecified atom stereocenters. The van der Waals surface area contributed by atoms with Gasteiger partial charge in [-0.25, -0.2) is 4.79 Å². The van der Waals surface area contributed by atoms with Crippen molar-refractivity contribution in [1.82, 2.24) is 9.78 Å². The molecule has 0 atom stereocenters. The van der Waals surface area contributed by atoms with Gasteiger partial charge in [0, 0.05) is 0 Å². The summed E-state index contributed by atoms with van der Waals surface area (Å²) >= 11 is 5.96. The van der Waals surface area contributed by atoms with Crippen LogP contribution in [0.3, 0.4) is 0 Å². The number of nitrogens with one attached hydrogen (secondary N) is 1. The number of carbonyl (C=O) groups is 2. The van der Waals surface area contributed by atoms with Crippen LogP contribution in [0.15, 0.2) is 24.3 Å². The van der Waals surface area contributed by atoms with Crippen molar-refractivity contribution >= 4 is 29.2 Å². The average molecular weight is 308 g/mol. The summed E-state index contributed by atoms with van der Waals surface area (Å²) < 4.78 is 1.37. The Balaban J connectivity index is 2.16. The van der Waals surface area contributed by atoms with Crippen LogP contribution in [0.4, 0.5) is 5.69 Å². The molecule has 0 fully saturated rings. The number of benzene rings is 1. The van der Waals surface area contributed by atoms with Crippen LogP contribution in [0.2, 0.25) is 5.02 Å². The summed E-state index contributed by atoms with van der Waals surface area (Å²) in [7, 11) is 0. The monoisotopic (exact) mass is 307 g/mol. The Kier molecular flexibility index (Phi) is 4.28. The van der Waals surface area contributed by atoms with Gasteiger partial charge in [-0.1, -0.05) is 23.7 Å². The minimum Gasteiger partial charge on any atom is -0.478 e. The van der Waals surface area contributed by atoms with E-state index in [2.05, 4.69) is 10.4 Å². The summed E-state index contributed by atoms with van der Waals surface area (Å²) in [6.45, 7) is 3.14. The number of nitrogens with zero attached hydrogens (tertiary/aromatic N) is 2.